The van der Waals surface area contributed by atoms with Gasteiger partial charge in [0.1, 0.15) is 5.75 Å². The molecule has 2 aliphatic heterocycles. The Kier molecular flexibility index (Phi) is 4.81. The predicted octanol–water partition coefficient (Wildman–Crippen LogP) is 1.88. The van der Waals surface area contributed by atoms with Gasteiger partial charge < -0.3 is 19.7 Å². The van der Waals surface area contributed by atoms with Crippen LogP contribution in [0.4, 0.5) is 0 Å². The van der Waals surface area contributed by atoms with Gasteiger partial charge in [-0.05, 0) is 29.8 Å². The number of carbonyl (C=O) groups excluding carboxylic acids is 1. The van der Waals surface area contributed by atoms with Crippen molar-refractivity contribution in [2.24, 2.45) is 0 Å². The molecule has 1 amide bonds. The van der Waals surface area contributed by atoms with E-state index in [0.717, 1.165) is 22.7 Å². The number of ether oxygens (including phenoxy) is 1. The first-order valence-corrected chi connectivity index (χ1v) is 12.2. The molecule has 1 saturated heterocycles. The lowest BCUT2D eigenvalue weighted by Gasteiger charge is -2.55. The third-order valence-electron chi connectivity index (χ3n) is 6.60. The fraction of sp³-hybridized carbons (Fsp3) is 0.348. The lowest BCUT2D eigenvalue weighted by atomic mass is 9.69. The van der Waals surface area contributed by atoms with Gasteiger partial charge in [-0.15, -0.1) is 0 Å². The highest BCUT2D eigenvalue weighted by atomic mass is 32.2. The number of aliphatic hydroxyl groups excluding tert-OH is 1. The number of H-pyrrole nitrogens is 1. The lowest BCUT2D eigenvalue weighted by Crippen LogP contribution is -2.68. The Labute approximate surface area is 186 Å². The highest BCUT2D eigenvalue weighted by Gasteiger charge is 2.55. The van der Waals surface area contributed by atoms with Gasteiger partial charge in [-0.25, -0.2) is 8.42 Å². The van der Waals surface area contributed by atoms with E-state index in [1.165, 1.54) is 4.31 Å². The number of aliphatic hydroxyl groups is 1. The van der Waals surface area contributed by atoms with Gasteiger partial charge in [-0.1, -0.05) is 18.2 Å². The second kappa shape index (κ2) is 7.33. The molecule has 32 heavy (non-hydrogen) atoms. The molecule has 8 nitrogen and oxygen atoms in total. The summed E-state index contributed by atoms with van der Waals surface area (Å²) in [7, 11) is -2.00. The van der Waals surface area contributed by atoms with E-state index in [2.05, 4.69) is 4.98 Å². The summed E-state index contributed by atoms with van der Waals surface area (Å²) in [4.78, 5) is 18.1. The monoisotopic (exact) mass is 455 g/mol. The van der Waals surface area contributed by atoms with Crippen LogP contribution in [0.1, 0.15) is 27.7 Å². The SMILES string of the molecule is COc1ccc2c3c([nH]c2c1)[C@H](CO)N(S(C)(=O)=O)CC31CN(C(=O)c2ccccc2)C1. The van der Waals surface area contributed by atoms with Gasteiger partial charge in [-0.3, -0.25) is 4.79 Å². The highest BCUT2D eigenvalue weighted by Crippen LogP contribution is 2.49. The molecule has 1 spiro atoms. The summed E-state index contributed by atoms with van der Waals surface area (Å²) in [5.41, 5.74) is 2.53. The maximum Gasteiger partial charge on any atom is 0.253 e. The number of fused-ring (bicyclic) bond motifs is 4. The standard InChI is InChI=1S/C23H25N3O5S/c1-31-16-8-9-17-18(10-16)24-21-19(11-27)26(32(2,29)30)14-23(20(17)21)12-25(13-23)22(28)15-6-4-3-5-7-15/h3-10,19,24,27H,11-14H2,1-2H3/t19-/m0/s1. The summed E-state index contributed by atoms with van der Waals surface area (Å²) < 4.78 is 32.0. The van der Waals surface area contributed by atoms with Crippen LogP contribution in [0.3, 0.4) is 0 Å². The van der Waals surface area contributed by atoms with Crippen molar-refractivity contribution in [3.63, 3.8) is 0 Å². The van der Waals surface area contributed by atoms with E-state index in [0.29, 0.717) is 30.1 Å². The van der Waals surface area contributed by atoms with Gasteiger partial charge in [0.25, 0.3) is 5.91 Å². The quantitative estimate of drug-likeness (QED) is 0.625. The molecular formula is C23H25N3O5S. The highest BCUT2D eigenvalue weighted by molar-refractivity contribution is 7.88. The third kappa shape index (κ3) is 3.11. The molecule has 1 fully saturated rings. The number of carbonyl (C=O) groups is 1. The molecule has 2 aliphatic rings. The number of benzene rings is 2. The van der Waals surface area contributed by atoms with Gasteiger partial charge in [0.05, 0.1) is 26.0 Å². The van der Waals surface area contributed by atoms with E-state index in [4.69, 9.17) is 4.74 Å². The molecule has 1 aromatic heterocycles. The van der Waals surface area contributed by atoms with E-state index in [1.54, 1.807) is 24.1 Å². The van der Waals surface area contributed by atoms with Crippen molar-refractivity contribution >= 4 is 26.8 Å². The van der Waals surface area contributed by atoms with Crippen LogP contribution in [-0.4, -0.2) is 73.2 Å². The van der Waals surface area contributed by atoms with Crippen molar-refractivity contribution in [2.45, 2.75) is 11.5 Å². The number of nitrogens with one attached hydrogen (secondary N) is 1. The summed E-state index contributed by atoms with van der Waals surface area (Å²) >= 11 is 0. The number of hydrogen-bond acceptors (Lipinski definition) is 5. The Hall–Kier alpha value is -2.88. The zero-order valence-corrected chi connectivity index (χ0v) is 18.7. The Balaban J connectivity index is 1.61. The number of nitrogens with zero attached hydrogens (tertiary/aromatic N) is 2. The smallest absolute Gasteiger partial charge is 0.253 e. The van der Waals surface area contributed by atoms with Crippen molar-refractivity contribution < 1.29 is 23.1 Å². The first-order valence-electron chi connectivity index (χ1n) is 10.4. The predicted molar refractivity (Wildman–Crippen MR) is 120 cm³/mol. The number of rotatable bonds is 4. The van der Waals surface area contributed by atoms with Gasteiger partial charge in [0.15, 0.2) is 0 Å². The zero-order chi connectivity index (χ0) is 22.7. The Morgan fingerprint density at radius 3 is 2.53 bits per heavy atom. The van der Waals surface area contributed by atoms with Gasteiger partial charge in [-0.2, -0.15) is 4.31 Å². The number of sulfonamides is 1. The van der Waals surface area contributed by atoms with Crippen LogP contribution >= 0.6 is 0 Å². The van der Waals surface area contributed by atoms with Crippen LogP contribution in [0.2, 0.25) is 0 Å². The third-order valence-corrected chi connectivity index (χ3v) is 7.83. The molecule has 0 aliphatic carbocycles. The Bertz CT molecular complexity index is 1300. The van der Waals surface area contributed by atoms with Gasteiger partial charge in [0, 0.05) is 53.3 Å². The summed E-state index contributed by atoms with van der Waals surface area (Å²) in [5, 5.41) is 11.1. The van der Waals surface area contributed by atoms with Crippen LogP contribution in [-0.2, 0) is 15.4 Å². The molecule has 3 aromatic rings. The first-order chi connectivity index (χ1) is 15.3. The minimum atomic E-state index is -3.59. The first kappa shape index (κ1) is 21.0. The normalized spacial score (nSPS) is 20.2. The van der Waals surface area contributed by atoms with E-state index in [-0.39, 0.29) is 19.1 Å². The molecule has 1 atom stereocenters. The number of aromatic amines is 1. The topological polar surface area (TPSA) is 103 Å². The van der Waals surface area contributed by atoms with Crippen molar-refractivity contribution in [2.75, 3.05) is 39.6 Å². The van der Waals surface area contributed by atoms with Crippen molar-refractivity contribution in [1.82, 2.24) is 14.2 Å². The van der Waals surface area contributed by atoms with Crippen LogP contribution < -0.4 is 4.74 Å². The molecule has 0 radical (unpaired) electrons. The number of methoxy groups -OCH3 is 1. The Morgan fingerprint density at radius 1 is 1.19 bits per heavy atom. The van der Waals surface area contributed by atoms with Crippen molar-refractivity contribution in [3.8, 4) is 5.75 Å². The second-order valence-electron chi connectivity index (χ2n) is 8.64. The minimum absolute atomic E-state index is 0.0746. The van der Waals surface area contributed by atoms with Crippen molar-refractivity contribution in [1.29, 1.82) is 0 Å². The molecule has 0 bridgehead atoms. The number of amides is 1. The molecule has 2 aromatic carbocycles. The summed E-state index contributed by atoms with van der Waals surface area (Å²) in [6, 6.07) is 14.1. The van der Waals surface area contributed by atoms with Crippen molar-refractivity contribution in [3.05, 3.63) is 65.4 Å². The summed E-state index contributed by atoms with van der Waals surface area (Å²) in [6.07, 6.45) is 1.16. The molecule has 0 saturated carbocycles. The number of likely N-dealkylation sites (tertiary alicyclic amines) is 1. The Morgan fingerprint density at radius 2 is 1.91 bits per heavy atom. The fourth-order valence-electron chi connectivity index (χ4n) is 5.16. The van der Waals surface area contributed by atoms with Gasteiger partial charge in [0.2, 0.25) is 10.0 Å². The zero-order valence-electron chi connectivity index (χ0n) is 17.9. The molecule has 2 N–H and O–H groups in total. The van der Waals surface area contributed by atoms with E-state index in [9.17, 15) is 18.3 Å². The molecular weight excluding hydrogens is 430 g/mol. The number of aromatic nitrogens is 1. The average Bonchev–Trinajstić information content (AvgIpc) is 3.15. The fourth-order valence-corrected chi connectivity index (χ4v) is 6.27. The maximum absolute atomic E-state index is 13.0. The molecule has 3 heterocycles. The maximum atomic E-state index is 13.0. The molecule has 9 heteroatoms. The van der Waals surface area contributed by atoms with E-state index in [1.807, 2.05) is 36.4 Å². The second-order valence-corrected chi connectivity index (χ2v) is 10.6. The van der Waals surface area contributed by atoms with E-state index >= 15 is 0 Å². The van der Waals surface area contributed by atoms with Crippen LogP contribution in [0, 0.1) is 0 Å². The summed E-state index contributed by atoms with van der Waals surface area (Å²) in [6.45, 7) is 0.669. The van der Waals surface area contributed by atoms with Crippen LogP contribution in [0.15, 0.2) is 48.5 Å². The lowest BCUT2D eigenvalue weighted by molar-refractivity contribution is 0.0213. The van der Waals surface area contributed by atoms with E-state index < -0.39 is 21.5 Å². The molecule has 168 valence electrons. The average molecular weight is 456 g/mol. The van der Waals surface area contributed by atoms with Gasteiger partial charge >= 0.3 is 0 Å². The number of hydrogen-bond donors (Lipinski definition) is 2. The largest absolute Gasteiger partial charge is 0.497 e. The molecule has 5 rings (SSSR count). The summed E-state index contributed by atoms with van der Waals surface area (Å²) in [5.74, 6) is 0.606. The molecule has 0 unspecified atom stereocenters. The van der Waals surface area contributed by atoms with Crippen LogP contribution in [0.25, 0.3) is 10.9 Å². The minimum Gasteiger partial charge on any atom is -0.497 e. The van der Waals surface area contributed by atoms with Crippen LogP contribution in [0.5, 0.6) is 5.75 Å².